The predicted octanol–water partition coefficient (Wildman–Crippen LogP) is 1.84. The van der Waals surface area contributed by atoms with Crippen molar-refractivity contribution in [2.75, 3.05) is 45.5 Å². The van der Waals surface area contributed by atoms with Crippen LogP contribution in [0.2, 0.25) is 0 Å². The van der Waals surface area contributed by atoms with E-state index < -0.39 is 0 Å². The highest BCUT2D eigenvalue weighted by atomic mass is 35.5. The summed E-state index contributed by atoms with van der Waals surface area (Å²) in [6.07, 6.45) is 4.63. The summed E-state index contributed by atoms with van der Waals surface area (Å²) in [5, 5.41) is 4.13. The molecule has 1 aliphatic heterocycles. The summed E-state index contributed by atoms with van der Waals surface area (Å²) in [5.74, 6) is 1.55. The van der Waals surface area contributed by atoms with Gasteiger partial charge in [0.15, 0.2) is 0 Å². The summed E-state index contributed by atoms with van der Waals surface area (Å²) >= 11 is 2.10. The molecule has 2 unspecified atom stereocenters. The van der Waals surface area contributed by atoms with Gasteiger partial charge in [0.1, 0.15) is 0 Å². The molecule has 0 aromatic rings. The normalized spacial score (nSPS) is 26.0. The number of halogens is 1. The Balaban J connectivity index is 0.00000220. The van der Waals surface area contributed by atoms with Gasteiger partial charge in [0.05, 0.1) is 0 Å². The lowest BCUT2D eigenvalue weighted by Gasteiger charge is -2.29. The fourth-order valence-corrected chi connectivity index (χ4v) is 4.36. The third-order valence-corrected chi connectivity index (χ3v) is 5.76. The minimum atomic E-state index is 0. The van der Waals surface area contributed by atoms with Crippen LogP contribution in [-0.4, -0.2) is 72.5 Å². The van der Waals surface area contributed by atoms with E-state index in [2.05, 4.69) is 35.9 Å². The average molecular weight is 336 g/mol. The lowest BCUT2D eigenvalue weighted by Crippen LogP contribution is -2.47. The molecule has 124 valence electrons. The van der Waals surface area contributed by atoms with E-state index in [0.717, 1.165) is 38.0 Å². The van der Waals surface area contributed by atoms with E-state index in [9.17, 15) is 4.79 Å². The van der Waals surface area contributed by atoms with Crippen molar-refractivity contribution in [2.45, 2.75) is 43.9 Å². The molecule has 0 bridgehead atoms. The van der Waals surface area contributed by atoms with E-state index >= 15 is 0 Å². The van der Waals surface area contributed by atoms with E-state index in [0.29, 0.717) is 18.4 Å². The minimum absolute atomic E-state index is 0. The van der Waals surface area contributed by atoms with Crippen LogP contribution in [0.15, 0.2) is 0 Å². The van der Waals surface area contributed by atoms with Gasteiger partial charge in [-0.25, -0.2) is 0 Å². The van der Waals surface area contributed by atoms with Crippen LogP contribution in [0, 0.1) is 0 Å². The summed E-state index contributed by atoms with van der Waals surface area (Å²) in [4.78, 5) is 16.6. The Bertz CT molecular complexity index is 313. The zero-order valence-corrected chi connectivity index (χ0v) is 15.0. The number of amides is 1. The molecular weight excluding hydrogens is 306 g/mol. The number of nitrogens with one attached hydrogen (secondary N) is 1. The Morgan fingerprint density at radius 1 is 1.33 bits per heavy atom. The smallest absolute Gasteiger partial charge is 0.223 e. The first kappa shape index (κ1) is 19.1. The number of hydrogen-bond acceptors (Lipinski definition) is 4. The van der Waals surface area contributed by atoms with Gasteiger partial charge in [0.2, 0.25) is 5.91 Å². The second kappa shape index (κ2) is 9.93. The van der Waals surface area contributed by atoms with Crippen molar-refractivity contribution in [3.05, 3.63) is 0 Å². The van der Waals surface area contributed by atoms with E-state index in [1.807, 2.05) is 4.90 Å². The van der Waals surface area contributed by atoms with Gasteiger partial charge in [0.25, 0.3) is 0 Å². The fourth-order valence-electron chi connectivity index (χ4n) is 3.23. The molecule has 4 nitrogen and oxygen atoms in total. The van der Waals surface area contributed by atoms with E-state index in [1.54, 1.807) is 0 Å². The molecule has 0 radical (unpaired) electrons. The van der Waals surface area contributed by atoms with Crippen LogP contribution in [0.1, 0.15) is 32.6 Å². The van der Waals surface area contributed by atoms with Crippen LogP contribution >= 0.6 is 24.2 Å². The maximum Gasteiger partial charge on any atom is 0.223 e. The summed E-state index contributed by atoms with van der Waals surface area (Å²) in [5.41, 5.74) is 0. The number of hydrogen-bond donors (Lipinski definition) is 1. The maximum absolute atomic E-state index is 12.2. The number of carbonyl (C=O) groups is 1. The largest absolute Gasteiger partial charge is 0.340 e. The summed E-state index contributed by atoms with van der Waals surface area (Å²) in [6.45, 7) is 6.80. The first-order chi connectivity index (χ1) is 9.70. The molecule has 0 aromatic carbocycles. The monoisotopic (exact) mass is 335 g/mol. The first-order valence-electron chi connectivity index (χ1n) is 8.01. The lowest BCUT2D eigenvalue weighted by atomic mass is 10.2. The van der Waals surface area contributed by atoms with Crippen LogP contribution < -0.4 is 5.32 Å². The number of nitrogens with zero attached hydrogens (tertiary/aromatic N) is 2. The molecule has 1 saturated carbocycles. The van der Waals surface area contributed by atoms with Crippen molar-refractivity contribution < 1.29 is 4.79 Å². The molecule has 1 aliphatic carbocycles. The van der Waals surface area contributed by atoms with Crippen LogP contribution in [-0.2, 0) is 4.79 Å². The number of thioether (sulfide) groups is 1. The van der Waals surface area contributed by atoms with Crippen molar-refractivity contribution in [1.29, 1.82) is 0 Å². The van der Waals surface area contributed by atoms with E-state index in [-0.39, 0.29) is 12.4 Å². The van der Waals surface area contributed by atoms with Gasteiger partial charge >= 0.3 is 0 Å². The van der Waals surface area contributed by atoms with Crippen molar-refractivity contribution in [3.63, 3.8) is 0 Å². The predicted molar refractivity (Wildman–Crippen MR) is 93.5 cm³/mol. The van der Waals surface area contributed by atoms with Gasteiger partial charge < -0.3 is 15.1 Å². The topological polar surface area (TPSA) is 35.6 Å². The Morgan fingerprint density at radius 2 is 2.05 bits per heavy atom. The van der Waals surface area contributed by atoms with Crippen LogP contribution in [0.5, 0.6) is 0 Å². The van der Waals surface area contributed by atoms with Crippen molar-refractivity contribution >= 4 is 30.1 Å². The quantitative estimate of drug-likeness (QED) is 0.803. The Hall–Kier alpha value is 0.0300. The van der Waals surface area contributed by atoms with Crippen LogP contribution in [0.25, 0.3) is 0 Å². The van der Waals surface area contributed by atoms with Crippen molar-refractivity contribution in [1.82, 2.24) is 15.1 Å². The Kier molecular flexibility index (Phi) is 9.02. The molecule has 2 fully saturated rings. The molecule has 21 heavy (non-hydrogen) atoms. The molecule has 2 atom stereocenters. The number of rotatable bonds is 6. The Labute approximate surface area is 139 Å². The number of piperazine rings is 1. The molecule has 6 heteroatoms. The highest BCUT2D eigenvalue weighted by Crippen LogP contribution is 2.32. The molecule has 1 saturated heterocycles. The van der Waals surface area contributed by atoms with Crippen LogP contribution in [0.3, 0.4) is 0 Å². The SMILES string of the molecule is CCSC1CCC(N(C)CCC(=O)N2CCNCC2)C1.Cl. The van der Waals surface area contributed by atoms with Crippen molar-refractivity contribution in [2.24, 2.45) is 0 Å². The summed E-state index contributed by atoms with van der Waals surface area (Å²) in [7, 11) is 2.19. The van der Waals surface area contributed by atoms with E-state index in [4.69, 9.17) is 0 Å². The van der Waals surface area contributed by atoms with Crippen LogP contribution in [0.4, 0.5) is 0 Å². The highest BCUT2D eigenvalue weighted by Gasteiger charge is 2.27. The fraction of sp³-hybridized carbons (Fsp3) is 0.933. The zero-order valence-electron chi connectivity index (χ0n) is 13.3. The number of carbonyl (C=O) groups excluding carboxylic acids is 1. The molecule has 1 N–H and O–H groups in total. The van der Waals surface area contributed by atoms with Gasteiger partial charge in [-0.15, -0.1) is 12.4 Å². The standard InChI is InChI=1S/C15H29N3OS.ClH/c1-3-20-14-5-4-13(12-14)17(2)9-6-15(19)18-10-7-16-8-11-18;/h13-14,16H,3-12H2,1-2H3;1H. The first-order valence-corrected chi connectivity index (χ1v) is 9.06. The molecule has 0 aromatic heterocycles. The van der Waals surface area contributed by atoms with Gasteiger partial charge in [-0.05, 0) is 32.1 Å². The third-order valence-electron chi connectivity index (χ3n) is 4.53. The van der Waals surface area contributed by atoms with Gasteiger partial charge in [-0.2, -0.15) is 11.8 Å². The Morgan fingerprint density at radius 3 is 2.71 bits per heavy atom. The van der Waals surface area contributed by atoms with E-state index in [1.165, 1.54) is 25.0 Å². The van der Waals surface area contributed by atoms with Crippen molar-refractivity contribution in [3.8, 4) is 0 Å². The molecule has 2 aliphatic rings. The second-order valence-corrected chi connectivity index (χ2v) is 7.48. The zero-order chi connectivity index (χ0) is 14.4. The molecular formula is C15H30ClN3OS. The van der Waals surface area contributed by atoms with Gasteiger partial charge in [-0.3, -0.25) is 4.79 Å². The maximum atomic E-state index is 12.2. The third kappa shape index (κ3) is 5.97. The highest BCUT2D eigenvalue weighted by molar-refractivity contribution is 7.99. The molecule has 1 heterocycles. The summed E-state index contributed by atoms with van der Waals surface area (Å²) in [6, 6.07) is 0.690. The molecule has 1 amide bonds. The lowest BCUT2D eigenvalue weighted by molar-refractivity contribution is -0.132. The molecule has 0 spiro atoms. The van der Waals surface area contributed by atoms with Gasteiger partial charge in [-0.1, -0.05) is 6.92 Å². The summed E-state index contributed by atoms with van der Waals surface area (Å²) < 4.78 is 0. The second-order valence-electron chi connectivity index (χ2n) is 5.91. The average Bonchev–Trinajstić information content (AvgIpc) is 2.94. The van der Waals surface area contributed by atoms with Gasteiger partial charge in [0, 0.05) is 50.4 Å². The molecule has 2 rings (SSSR count). The minimum Gasteiger partial charge on any atom is -0.340 e.